The molecule has 1 N–H and O–H groups in total. The number of nitrogens with one attached hydrogen (secondary N) is 1. The maximum atomic E-state index is 12.4. The van der Waals surface area contributed by atoms with Crippen LogP contribution in [-0.4, -0.2) is 67.2 Å². The molecule has 3 rings (SSSR count). The Kier molecular flexibility index (Phi) is 5.54. The van der Waals surface area contributed by atoms with Gasteiger partial charge in [-0.2, -0.15) is 0 Å². The van der Waals surface area contributed by atoms with E-state index in [1.165, 1.54) is 11.1 Å². The number of carbonyl (C=O) groups is 1. The molecule has 2 aliphatic rings. The van der Waals surface area contributed by atoms with Crippen molar-refractivity contribution in [3.8, 4) is 0 Å². The van der Waals surface area contributed by atoms with Gasteiger partial charge in [0, 0.05) is 38.3 Å². The van der Waals surface area contributed by atoms with E-state index in [1.807, 2.05) is 0 Å². The van der Waals surface area contributed by atoms with Crippen LogP contribution in [0.15, 0.2) is 24.3 Å². The van der Waals surface area contributed by atoms with Gasteiger partial charge in [0.1, 0.15) is 0 Å². The number of morpholine rings is 1. The van der Waals surface area contributed by atoms with Crippen molar-refractivity contribution in [2.45, 2.75) is 32.4 Å². The zero-order valence-corrected chi connectivity index (χ0v) is 14.9. The lowest BCUT2D eigenvalue weighted by atomic mass is 10.00. The minimum atomic E-state index is -0.0338. The Balaban J connectivity index is 1.46. The third kappa shape index (κ3) is 4.35. The second kappa shape index (κ2) is 7.64. The molecule has 1 amide bonds. The van der Waals surface area contributed by atoms with Gasteiger partial charge in [-0.25, -0.2) is 0 Å². The molecule has 1 aromatic rings. The summed E-state index contributed by atoms with van der Waals surface area (Å²) in [6.07, 6.45) is 1.03. The molecule has 2 heterocycles. The summed E-state index contributed by atoms with van der Waals surface area (Å²) in [7, 11) is 0. The summed E-state index contributed by atoms with van der Waals surface area (Å²) in [5.74, 6) is 0.121. The number of ether oxygens (including phenoxy) is 1. The molecule has 0 atom stereocenters. The van der Waals surface area contributed by atoms with E-state index < -0.39 is 0 Å². The summed E-state index contributed by atoms with van der Waals surface area (Å²) in [4.78, 5) is 17.0. The number of hydrogen-bond acceptors (Lipinski definition) is 4. The molecule has 1 aromatic carbocycles. The fraction of sp³-hybridized carbons (Fsp3) is 0.632. The van der Waals surface area contributed by atoms with Crippen molar-refractivity contribution in [1.29, 1.82) is 0 Å². The van der Waals surface area contributed by atoms with Crippen molar-refractivity contribution in [3.05, 3.63) is 35.4 Å². The van der Waals surface area contributed by atoms with Crippen LogP contribution in [0.3, 0.4) is 0 Å². The van der Waals surface area contributed by atoms with Crippen LogP contribution in [0.4, 0.5) is 0 Å². The SMILES string of the molecule is CC(C)(CNC(=O)CN1CCc2ccccc2C1)N1CCOCC1. The Hall–Kier alpha value is -1.43. The smallest absolute Gasteiger partial charge is 0.234 e. The minimum Gasteiger partial charge on any atom is -0.379 e. The van der Waals surface area contributed by atoms with Crippen LogP contribution in [0.1, 0.15) is 25.0 Å². The van der Waals surface area contributed by atoms with Crippen molar-refractivity contribution in [2.75, 3.05) is 45.9 Å². The van der Waals surface area contributed by atoms with Gasteiger partial charge in [-0.15, -0.1) is 0 Å². The number of fused-ring (bicyclic) bond motifs is 1. The third-order valence-electron chi connectivity index (χ3n) is 5.16. The molecular formula is C19H29N3O2. The van der Waals surface area contributed by atoms with Crippen LogP contribution >= 0.6 is 0 Å². The van der Waals surface area contributed by atoms with E-state index in [4.69, 9.17) is 4.74 Å². The van der Waals surface area contributed by atoms with Gasteiger partial charge in [-0.1, -0.05) is 24.3 Å². The van der Waals surface area contributed by atoms with E-state index in [2.05, 4.69) is 53.2 Å². The summed E-state index contributed by atoms with van der Waals surface area (Å²) in [5, 5.41) is 3.13. The second-order valence-corrected chi connectivity index (χ2v) is 7.42. The highest BCUT2D eigenvalue weighted by atomic mass is 16.5. The predicted molar refractivity (Wildman–Crippen MR) is 94.9 cm³/mol. The van der Waals surface area contributed by atoms with Crippen molar-refractivity contribution in [1.82, 2.24) is 15.1 Å². The molecule has 0 aromatic heterocycles. The zero-order chi connectivity index (χ0) is 17.0. The van der Waals surface area contributed by atoms with Crippen LogP contribution in [0.2, 0.25) is 0 Å². The van der Waals surface area contributed by atoms with E-state index in [9.17, 15) is 4.79 Å². The Morgan fingerprint density at radius 1 is 1.17 bits per heavy atom. The van der Waals surface area contributed by atoms with Crippen LogP contribution in [0.5, 0.6) is 0 Å². The van der Waals surface area contributed by atoms with E-state index in [0.717, 1.165) is 45.8 Å². The van der Waals surface area contributed by atoms with Gasteiger partial charge in [0.05, 0.1) is 19.8 Å². The van der Waals surface area contributed by atoms with Gasteiger partial charge in [-0.05, 0) is 31.4 Å². The van der Waals surface area contributed by atoms with Gasteiger partial charge in [-0.3, -0.25) is 14.6 Å². The van der Waals surface area contributed by atoms with Crippen molar-refractivity contribution in [2.24, 2.45) is 0 Å². The highest BCUT2D eigenvalue weighted by Crippen LogP contribution is 2.18. The predicted octanol–water partition coefficient (Wildman–Crippen LogP) is 1.27. The summed E-state index contributed by atoms with van der Waals surface area (Å²) in [6, 6.07) is 8.53. The van der Waals surface area contributed by atoms with Gasteiger partial charge in [0.2, 0.25) is 5.91 Å². The molecular weight excluding hydrogens is 302 g/mol. The van der Waals surface area contributed by atoms with E-state index in [0.29, 0.717) is 13.1 Å². The molecule has 5 nitrogen and oxygen atoms in total. The molecule has 0 aliphatic carbocycles. The molecule has 0 saturated carbocycles. The lowest BCUT2D eigenvalue weighted by molar-refractivity contribution is -0.123. The fourth-order valence-corrected chi connectivity index (χ4v) is 3.54. The Labute approximate surface area is 145 Å². The molecule has 1 fully saturated rings. The number of benzene rings is 1. The highest BCUT2D eigenvalue weighted by Gasteiger charge is 2.29. The van der Waals surface area contributed by atoms with Gasteiger partial charge >= 0.3 is 0 Å². The number of hydrogen-bond donors (Lipinski definition) is 1. The molecule has 2 aliphatic heterocycles. The summed E-state index contributed by atoms with van der Waals surface area (Å²) < 4.78 is 5.41. The first-order chi connectivity index (χ1) is 11.5. The molecule has 5 heteroatoms. The molecule has 24 heavy (non-hydrogen) atoms. The summed E-state index contributed by atoms with van der Waals surface area (Å²) in [6.45, 7) is 10.8. The molecule has 0 unspecified atom stereocenters. The number of rotatable bonds is 5. The summed E-state index contributed by atoms with van der Waals surface area (Å²) >= 11 is 0. The zero-order valence-electron chi connectivity index (χ0n) is 14.9. The maximum Gasteiger partial charge on any atom is 0.234 e. The number of carbonyl (C=O) groups excluding carboxylic acids is 1. The molecule has 132 valence electrons. The summed E-state index contributed by atoms with van der Waals surface area (Å²) in [5.41, 5.74) is 2.74. The standard InChI is InChI=1S/C19H29N3O2/c1-19(2,22-9-11-24-12-10-22)15-20-18(23)14-21-8-7-16-5-3-4-6-17(16)13-21/h3-6H,7-15H2,1-2H3,(H,20,23). The third-order valence-corrected chi connectivity index (χ3v) is 5.16. The molecule has 0 radical (unpaired) electrons. The average Bonchev–Trinajstić information content (AvgIpc) is 2.61. The quantitative estimate of drug-likeness (QED) is 0.883. The normalized spacial score (nSPS) is 19.8. The number of nitrogens with zero attached hydrogens (tertiary/aromatic N) is 2. The lowest BCUT2D eigenvalue weighted by Gasteiger charge is -2.41. The van der Waals surface area contributed by atoms with Crippen molar-refractivity contribution < 1.29 is 9.53 Å². The average molecular weight is 331 g/mol. The Morgan fingerprint density at radius 3 is 2.62 bits per heavy atom. The van der Waals surface area contributed by atoms with Crippen LogP contribution in [0.25, 0.3) is 0 Å². The largest absolute Gasteiger partial charge is 0.379 e. The highest BCUT2D eigenvalue weighted by molar-refractivity contribution is 5.78. The number of amides is 1. The van der Waals surface area contributed by atoms with E-state index >= 15 is 0 Å². The van der Waals surface area contributed by atoms with E-state index in [1.54, 1.807) is 0 Å². The molecule has 0 bridgehead atoms. The first-order valence-corrected chi connectivity index (χ1v) is 8.93. The van der Waals surface area contributed by atoms with E-state index in [-0.39, 0.29) is 11.4 Å². The Bertz CT molecular complexity index is 567. The maximum absolute atomic E-state index is 12.4. The topological polar surface area (TPSA) is 44.8 Å². The fourth-order valence-electron chi connectivity index (χ4n) is 3.54. The van der Waals surface area contributed by atoms with Gasteiger partial charge in [0.15, 0.2) is 0 Å². The minimum absolute atomic E-state index is 0.0338. The first kappa shape index (κ1) is 17.4. The van der Waals surface area contributed by atoms with Crippen molar-refractivity contribution in [3.63, 3.8) is 0 Å². The molecule has 1 saturated heterocycles. The first-order valence-electron chi connectivity index (χ1n) is 8.93. The lowest BCUT2D eigenvalue weighted by Crippen LogP contribution is -2.56. The Morgan fingerprint density at radius 2 is 1.88 bits per heavy atom. The molecule has 0 spiro atoms. The van der Waals surface area contributed by atoms with Crippen LogP contribution in [-0.2, 0) is 22.5 Å². The van der Waals surface area contributed by atoms with Gasteiger partial charge in [0.25, 0.3) is 0 Å². The monoisotopic (exact) mass is 331 g/mol. The van der Waals surface area contributed by atoms with Crippen LogP contribution in [0, 0.1) is 0 Å². The van der Waals surface area contributed by atoms with Gasteiger partial charge < -0.3 is 10.1 Å². The van der Waals surface area contributed by atoms with Crippen LogP contribution < -0.4 is 5.32 Å². The van der Waals surface area contributed by atoms with Crippen molar-refractivity contribution >= 4 is 5.91 Å². The second-order valence-electron chi connectivity index (χ2n) is 7.42.